The largest absolute Gasteiger partial charge is 0.510 e. The van der Waals surface area contributed by atoms with E-state index in [0.717, 1.165) is 12.1 Å². The van der Waals surface area contributed by atoms with E-state index in [1.807, 2.05) is 0 Å². The van der Waals surface area contributed by atoms with Crippen molar-refractivity contribution in [1.29, 1.82) is 0 Å². The molecule has 220 valence electrons. The number of fused-ring (bicyclic) bond motifs is 3. The number of amides is 2. The summed E-state index contributed by atoms with van der Waals surface area (Å²) in [5, 5.41) is 47.3. The number of aliphatic hydroxyl groups excluding tert-OH is 3. The summed E-state index contributed by atoms with van der Waals surface area (Å²) in [6.45, 7) is 1.65. The number of anilines is 1. The highest BCUT2D eigenvalue weighted by atomic mass is 19.1. The number of nitrogens with one attached hydrogen (secondary N) is 1. The molecule has 0 aliphatic heterocycles. The minimum atomic E-state index is -1.65. The predicted octanol–water partition coefficient (Wildman–Crippen LogP) is 2.13. The summed E-state index contributed by atoms with van der Waals surface area (Å²) in [6, 6.07) is 6.33. The minimum absolute atomic E-state index is 0.0210. The molecule has 0 bridgehead atoms. The van der Waals surface area contributed by atoms with Crippen LogP contribution in [0.1, 0.15) is 24.0 Å². The second kappa shape index (κ2) is 10.3. The van der Waals surface area contributed by atoms with E-state index in [-0.39, 0.29) is 22.6 Å². The van der Waals surface area contributed by atoms with E-state index in [0.29, 0.717) is 5.56 Å². The van der Waals surface area contributed by atoms with Crippen molar-refractivity contribution < 1.29 is 48.7 Å². The van der Waals surface area contributed by atoms with Crippen molar-refractivity contribution in [3.05, 3.63) is 70.2 Å². The number of halogens is 1. The number of nitrogens with two attached hydrogens (primary N) is 1. The first-order valence-corrected chi connectivity index (χ1v) is 13.0. The molecule has 42 heavy (non-hydrogen) atoms. The Morgan fingerprint density at radius 1 is 1.02 bits per heavy atom. The number of phenolic OH excluding ortho intramolecular Hbond substituents is 1. The number of Topliss-reactive ketones (excluding diaryl/α,β-unsaturated/α-hetero) is 2. The van der Waals surface area contributed by atoms with Gasteiger partial charge >= 0.3 is 6.09 Å². The number of aromatic hydroxyl groups is 1. The fourth-order valence-electron chi connectivity index (χ4n) is 6.45. The lowest BCUT2D eigenvalue weighted by Gasteiger charge is -2.50. The SMILES string of the molecule is CC1c2ccc(NC(=O)Oc3ccc(F)cc3)c(O)c2C(O)=C2C(=O)C3C(=O)C(C(N)=O)=C(O)[C@@H](N(C)C)C3[C@@H](O)C21. The zero-order valence-electron chi connectivity index (χ0n) is 22.7. The normalized spacial score (nSPS) is 26.9. The van der Waals surface area contributed by atoms with Crippen LogP contribution in [-0.4, -0.2) is 75.1 Å². The third kappa shape index (κ3) is 4.28. The molecule has 0 spiro atoms. The summed E-state index contributed by atoms with van der Waals surface area (Å²) < 4.78 is 18.2. The van der Waals surface area contributed by atoms with Gasteiger partial charge in [-0.05, 0) is 55.9 Å². The zero-order chi connectivity index (χ0) is 30.8. The van der Waals surface area contributed by atoms with Crippen molar-refractivity contribution in [3.8, 4) is 11.5 Å². The number of carbonyl (C=O) groups excluding carboxylic acids is 4. The van der Waals surface area contributed by atoms with Gasteiger partial charge in [-0.1, -0.05) is 13.0 Å². The molecule has 3 aliphatic rings. The number of carbonyl (C=O) groups is 4. The van der Waals surface area contributed by atoms with Gasteiger partial charge in [0.15, 0.2) is 11.6 Å². The van der Waals surface area contributed by atoms with Crippen LogP contribution in [0.2, 0.25) is 0 Å². The highest BCUT2D eigenvalue weighted by Gasteiger charge is 2.60. The number of phenols is 1. The standard InChI is InChI=1S/C29H28FN3O9/c1-10-13-8-9-14(32-29(41)42-12-6-4-11(30)5-7-12)22(34)16(13)24(36)18-15(10)23(35)17-19(25(18)37)26(38)20(28(31)40)27(39)21(17)33(2)3/h4-10,15,17,19,21,23,34-36,39H,1-3H3,(H2,31,40)(H,32,41)/t10?,15?,17?,19?,21-,23-/m0/s1. The molecule has 13 heteroatoms. The lowest BCUT2D eigenvalue weighted by Crippen LogP contribution is -2.61. The summed E-state index contributed by atoms with van der Waals surface area (Å²) >= 11 is 0. The number of hydrogen-bond acceptors (Lipinski definition) is 10. The number of primary amides is 1. The first kappa shape index (κ1) is 28.8. The molecule has 0 aromatic heterocycles. The molecule has 0 radical (unpaired) electrons. The van der Waals surface area contributed by atoms with Gasteiger partial charge in [0, 0.05) is 17.4 Å². The fraction of sp³-hybridized carbons (Fsp3) is 0.310. The predicted molar refractivity (Wildman–Crippen MR) is 145 cm³/mol. The molecule has 2 aromatic rings. The van der Waals surface area contributed by atoms with Crippen molar-refractivity contribution in [2.75, 3.05) is 19.4 Å². The Balaban J connectivity index is 1.57. The smallest absolute Gasteiger partial charge is 0.417 e. The van der Waals surface area contributed by atoms with Crippen molar-refractivity contribution >= 4 is 35.0 Å². The fourth-order valence-corrected chi connectivity index (χ4v) is 6.45. The first-order valence-electron chi connectivity index (χ1n) is 13.0. The number of aliphatic hydroxyl groups is 3. The molecule has 5 rings (SSSR count). The summed E-state index contributed by atoms with van der Waals surface area (Å²) in [6.07, 6.45) is -2.49. The van der Waals surface area contributed by atoms with Gasteiger partial charge < -0.3 is 30.9 Å². The summed E-state index contributed by atoms with van der Waals surface area (Å²) in [4.78, 5) is 53.3. The maximum Gasteiger partial charge on any atom is 0.417 e. The van der Waals surface area contributed by atoms with E-state index in [1.165, 1.54) is 29.2 Å². The van der Waals surface area contributed by atoms with E-state index in [4.69, 9.17) is 10.5 Å². The van der Waals surface area contributed by atoms with E-state index < -0.39 is 88.0 Å². The van der Waals surface area contributed by atoms with E-state index in [1.54, 1.807) is 21.0 Å². The van der Waals surface area contributed by atoms with E-state index in [2.05, 4.69) is 5.32 Å². The second-order valence-electron chi connectivity index (χ2n) is 10.8. The van der Waals surface area contributed by atoms with Crippen LogP contribution in [0, 0.1) is 23.6 Å². The molecule has 6 atom stereocenters. The Kier molecular flexibility index (Phi) is 7.03. The molecule has 0 saturated heterocycles. The third-order valence-corrected chi connectivity index (χ3v) is 8.25. The van der Waals surface area contributed by atoms with Gasteiger partial charge in [-0.15, -0.1) is 0 Å². The van der Waals surface area contributed by atoms with Crippen molar-refractivity contribution in [1.82, 2.24) is 4.90 Å². The number of ether oxygens (including phenoxy) is 1. The molecular formula is C29H28FN3O9. The maximum absolute atomic E-state index is 13.9. The van der Waals surface area contributed by atoms with Gasteiger partial charge in [0.05, 0.1) is 29.3 Å². The number of likely N-dealkylation sites (N-methyl/N-ethyl adjacent to an activating group) is 1. The highest BCUT2D eigenvalue weighted by Crippen LogP contribution is 2.55. The molecule has 0 heterocycles. The molecule has 1 fully saturated rings. The van der Waals surface area contributed by atoms with Crippen molar-refractivity contribution in [2.45, 2.75) is 25.0 Å². The second-order valence-corrected chi connectivity index (χ2v) is 10.8. The van der Waals surface area contributed by atoms with Crippen LogP contribution < -0.4 is 15.8 Å². The van der Waals surface area contributed by atoms with Gasteiger partial charge in [0.2, 0.25) is 0 Å². The maximum atomic E-state index is 13.9. The number of benzene rings is 2. The summed E-state index contributed by atoms with van der Waals surface area (Å²) in [5.41, 5.74) is 4.22. The van der Waals surface area contributed by atoms with Gasteiger partial charge in [-0.2, -0.15) is 0 Å². The zero-order valence-corrected chi connectivity index (χ0v) is 22.7. The third-order valence-electron chi connectivity index (χ3n) is 8.25. The van der Waals surface area contributed by atoms with E-state index >= 15 is 0 Å². The Morgan fingerprint density at radius 3 is 2.26 bits per heavy atom. The highest BCUT2D eigenvalue weighted by molar-refractivity contribution is 6.28. The van der Waals surface area contributed by atoms with Crippen LogP contribution in [-0.2, 0) is 14.4 Å². The Bertz CT molecular complexity index is 1600. The summed E-state index contributed by atoms with van der Waals surface area (Å²) in [5.74, 6) is -10.3. The number of hydrogen-bond donors (Lipinski definition) is 6. The van der Waals surface area contributed by atoms with Crippen molar-refractivity contribution in [2.24, 2.45) is 23.5 Å². The molecule has 2 aromatic carbocycles. The van der Waals surface area contributed by atoms with Crippen LogP contribution in [0.15, 0.2) is 53.3 Å². The number of rotatable bonds is 4. The lowest BCUT2D eigenvalue weighted by molar-refractivity contribution is -0.143. The van der Waals surface area contributed by atoms with Gasteiger partial charge in [0.25, 0.3) is 5.91 Å². The topological polar surface area (TPSA) is 200 Å². The van der Waals surface area contributed by atoms with Crippen LogP contribution >= 0.6 is 0 Å². The minimum Gasteiger partial charge on any atom is -0.510 e. The molecule has 7 N–H and O–H groups in total. The molecular weight excluding hydrogens is 553 g/mol. The van der Waals surface area contributed by atoms with Crippen LogP contribution in [0.3, 0.4) is 0 Å². The lowest BCUT2D eigenvalue weighted by atomic mass is 9.56. The first-order chi connectivity index (χ1) is 19.8. The number of nitrogens with zero attached hydrogens (tertiary/aromatic N) is 1. The Morgan fingerprint density at radius 2 is 1.67 bits per heavy atom. The Labute approximate surface area is 238 Å². The average Bonchev–Trinajstić information content (AvgIpc) is 2.91. The van der Waals surface area contributed by atoms with Crippen molar-refractivity contribution in [3.63, 3.8) is 0 Å². The quantitative estimate of drug-likeness (QED) is 0.177. The molecule has 1 saturated carbocycles. The Hall–Kier alpha value is -4.75. The van der Waals surface area contributed by atoms with E-state index in [9.17, 15) is 44.0 Å². The molecule has 3 aliphatic carbocycles. The van der Waals surface area contributed by atoms with Gasteiger partial charge in [-0.3, -0.25) is 24.6 Å². The number of ketones is 2. The van der Waals surface area contributed by atoms with Gasteiger partial charge in [0.1, 0.15) is 34.4 Å². The van der Waals surface area contributed by atoms with Crippen LogP contribution in [0.25, 0.3) is 5.76 Å². The molecule has 12 nitrogen and oxygen atoms in total. The van der Waals surface area contributed by atoms with Gasteiger partial charge in [-0.25, -0.2) is 9.18 Å². The van der Waals surface area contributed by atoms with Crippen LogP contribution in [0.4, 0.5) is 14.9 Å². The summed E-state index contributed by atoms with van der Waals surface area (Å²) in [7, 11) is 3.08. The monoisotopic (exact) mass is 581 g/mol. The molecule has 2 amide bonds. The molecule has 4 unspecified atom stereocenters. The van der Waals surface area contributed by atoms with Crippen LogP contribution in [0.5, 0.6) is 11.5 Å². The average molecular weight is 582 g/mol.